The van der Waals surface area contributed by atoms with Gasteiger partial charge in [0.05, 0.1) is 6.54 Å². The average Bonchev–Trinajstić information content (AvgIpc) is 2.88. The molecule has 0 aliphatic carbocycles. The van der Waals surface area contributed by atoms with Crippen LogP contribution in [0, 0.1) is 6.92 Å². The van der Waals surface area contributed by atoms with Crippen LogP contribution in [-0.4, -0.2) is 10.3 Å². The topological polar surface area (TPSA) is 8.81 Å². The van der Waals surface area contributed by atoms with Crippen LogP contribution < -0.4 is 21.5 Å². The van der Waals surface area contributed by atoms with Crippen LogP contribution in [-0.2, 0) is 6.54 Å². The molecule has 1 aliphatic heterocycles. The minimum Gasteiger partial charge on any atom is -1.00 e. The number of imidazole rings is 1. The van der Waals surface area contributed by atoms with Crippen molar-refractivity contribution in [1.82, 2.24) is 4.57 Å². The second kappa shape index (κ2) is 7.34. The summed E-state index contributed by atoms with van der Waals surface area (Å²) in [4.78, 5) is 0. The number of hydrogen-bond donors (Lipinski definition) is 0. The second-order valence-corrected chi connectivity index (χ2v) is 7.25. The van der Waals surface area contributed by atoms with E-state index in [2.05, 4.69) is 58.5 Å². The van der Waals surface area contributed by atoms with Crippen molar-refractivity contribution in [3.05, 3.63) is 65.3 Å². The largest absolute Gasteiger partial charge is 1.00 e. The lowest BCUT2D eigenvalue weighted by molar-refractivity contribution is -0.724. The van der Waals surface area contributed by atoms with Gasteiger partial charge >= 0.3 is 5.16 Å². The molecule has 0 radical (unpaired) electrons. The molecule has 0 bridgehead atoms. The third-order valence-electron chi connectivity index (χ3n) is 4.26. The highest BCUT2D eigenvalue weighted by Gasteiger charge is 2.32. The number of para-hydroxylation sites is 1. The SMILES string of the molecule is Cc1c(-c2ccc(Cl)cc2)[n+]2c(n1-c1ccccc1)SCCC2.[Br-]. The number of fused-ring (bicyclic) bond motifs is 1. The van der Waals surface area contributed by atoms with E-state index in [1.165, 1.54) is 40.0 Å². The van der Waals surface area contributed by atoms with Crippen LogP contribution >= 0.6 is 23.4 Å². The highest BCUT2D eigenvalue weighted by atomic mass is 79.9. The molecule has 0 unspecified atom stereocenters. The summed E-state index contributed by atoms with van der Waals surface area (Å²) in [5.74, 6) is 1.18. The maximum atomic E-state index is 6.07. The molecular weight excluding hydrogens is 404 g/mol. The predicted molar refractivity (Wildman–Crippen MR) is 96.5 cm³/mol. The van der Waals surface area contributed by atoms with Gasteiger partial charge in [-0.05, 0) is 54.6 Å². The van der Waals surface area contributed by atoms with Gasteiger partial charge < -0.3 is 17.0 Å². The van der Waals surface area contributed by atoms with Crippen molar-refractivity contribution in [1.29, 1.82) is 0 Å². The van der Waals surface area contributed by atoms with E-state index < -0.39 is 0 Å². The van der Waals surface area contributed by atoms with E-state index in [0.717, 1.165) is 11.6 Å². The fourth-order valence-electron chi connectivity index (χ4n) is 3.25. The lowest BCUT2D eigenvalue weighted by Gasteiger charge is -2.10. The molecule has 5 heteroatoms. The summed E-state index contributed by atoms with van der Waals surface area (Å²) in [6.45, 7) is 3.28. The van der Waals surface area contributed by atoms with Gasteiger partial charge in [0.15, 0.2) is 11.4 Å². The van der Waals surface area contributed by atoms with Crippen molar-refractivity contribution in [2.24, 2.45) is 0 Å². The zero-order valence-corrected chi connectivity index (χ0v) is 16.5. The molecule has 0 fully saturated rings. The maximum Gasteiger partial charge on any atom is 0.323 e. The van der Waals surface area contributed by atoms with E-state index in [4.69, 9.17) is 11.6 Å². The summed E-state index contributed by atoms with van der Waals surface area (Å²) in [6, 6.07) is 18.8. The lowest BCUT2D eigenvalue weighted by Crippen LogP contribution is -3.00. The van der Waals surface area contributed by atoms with Gasteiger partial charge in [-0.25, -0.2) is 4.57 Å². The Balaban J connectivity index is 0.00000169. The van der Waals surface area contributed by atoms with Crippen molar-refractivity contribution >= 4 is 23.4 Å². The number of aromatic nitrogens is 2. The normalized spacial score (nSPS) is 13.2. The highest BCUT2D eigenvalue weighted by Crippen LogP contribution is 2.32. The van der Waals surface area contributed by atoms with Crippen LogP contribution in [0.3, 0.4) is 0 Å². The zero-order valence-electron chi connectivity index (χ0n) is 13.4. The van der Waals surface area contributed by atoms with Gasteiger partial charge in [0.25, 0.3) is 0 Å². The fraction of sp³-hybridized carbons (Fsp3) is 0.211. The molecule has 1 aliphatic rings. The molecule has 0 atom stereocenters. The maximum absolute atomic E-state index is 6.07. The van der Waals surface area contributed by atoms with Gasteiger partial charge in [-0.2, -0.15) is 4.57 Å². The third-order valence-corrected chi connectivity index (χ3v) is 5.67. The Morgan fingerprint density at radius 1 is 1.04 bits per heavy atom. The Morgan fingerprint density at radius 3 is 2.46 bits per heavy atom. The molecule has 0 saturated carbocycles. The molecule has 3 aromatic rings. The van der Waals surface area contributed by atoms with Gasteiger partial charge in [0, 0.05) is 23.3 Å². The Labute approximate surface area is 162 Å². The minimum absolute atomic E-state index is 0. The van der Waals surface area contributed by atoms with Crippen molar-refractivity contribution < 1.29 is 21.5 Å². The van der Waals surface area contributed by atoms with Gasteiger partial charge in [0.2, 0.25) is 0 Å². The first-order valence-electron chi connectivity index (χ1n) is 7.85. The molecule has 124 valence electrons. The predicted octanol–water partition coefficient (Wildman–Crippen LogP) is 1.89. The molecule has 0 saturated heterocycles. The molecule has 0 spiro atoms. The molecule has 2 aromatic carbocycles. The summed E-state index contributed by atoms with van der Waals surface area (Å²) >= 11 is 8.01. The monoisotopic (exact) mass is 420 g/mol. The van der Waals surface area contributed by atoms with Gasteiger partial charge in [-0.1, -0.05) is 29.8 Å². The smallest absolute Gasteiger partial charge is 0.323 e. The lowest BCUT2D eigenvalue weighted by atomic mass is 10.1. The van der Waals surface area contributed by atoms with Gasteiger partial charge in [-0.15, -0.1) is 0 Å². The molecule has 0 N–H and O–H groups in total. The van der Waals surface area contributed by atoms with Crippen LogP contribution in [0.15, 0.2) is 59.8 Å². The summed E-state index contributed by atoms with van der Waals surface area (Å²) in [5, 5.41) is 2.10. The van der Waals surface area contributed by atoms with Crippen molar-refractivity contribution in [2.75, 3.05) is 5.75 Å². The first-order chi connectivity index (χ1) is 11.3. The number of benzene rings is 2. The van der Waals surface area contributed by atoms with Crippen LogP contribution in [0.2, 0.25) is 5.02 Å². The first-order valence-corrected chi connectivity index (χ1v) is 9.21. The summed E-state index contributed by atoms with van der Waals surface area (Å²) in [5.41, 5.74) is 5.03. The third kappa shape index (κ3) is 3.03. The van der Waals surface area contributed by atoms with E-state index >= 15 is 0 Å². The van der Waals surface area contributed by atoms with Crippen LogP contribution in [0.25, 0.3) is 16.9 Å². The van der Waals surface area contributed by atoms with E-state index in [-0.39, 0.29) is 17.0 Å². The molecule has 4 rings (SSSR count). The summed E-state index contributed by atoms with van der Waals surface area (Å²) in [7, 11) is 0. The fourth-order valence-corrected chi connectivity index (χ4v) is 4.54. The van der Waals surface area contributed by atoms with E-state index in [1.54, 1.807) is 0 Å². The second-order valence-electron chi connectivity index (χ2n) is 5.75. The molecule has 2 heterocycles. The Kier molecular flexibility index (Phi) is 5.38. The average molecular weight is 422 g/mol. The van der Waals surface area contributed by atoms with Gasteiger partial charge in [-0.3, -0.25) is 0 Å². The van der Waals surface area contributed by atoms with Crippen molar-refractivity contribution in [3.8, 4) is 16.9 Å². The number of nitrogens with zero attached hydrogens (tertiary/aromatic N) is 2. The van der Waals surface area contributed by atoms with Crippen LogP contribution in [0.4, 0.5) is 0 Å². The molecular formula is C19H18BrClN2S. The minimum atomic E-state index is 0. The van der Waals surface area contributed by atoms with E-state index in [0.29, 0.717) is 0 Å². The number of thioether (sulfide) groups is 1. The highest BCUT2D eigenvalue weighted by molar-refractivity contribution is 7.99. The zero-order chi connectivity index (χ0) is 15.8. The standard InChI is InChI=1S/C19H18ClN2S.BrH/c1-14-18(15-8-10-16(20)11-9-15)21-12-5-13-23-19(21)22(14)17-6-3-2-4-7-17;/h2-4,6-11H,5,12-13H2,1H3;1H/q+1;/p-1. The molecule has 1 aromatic heterocycles. The Bertz CT molecular complexity index is 844. The Hall–Kier alpha value is -1.23. The molecule has 2 nitrogen and oxygen atoms in total. The Morgan fingerprint density at radius 2 is 1.75 bits per heavy atom. The number of hydrogen-bond acceptors (Lipinski definition) is 1. The van der Waals surface area contributed by atoms with Crippen LogP contribution in [0.5, 0.6) is 0 Å². The van der Waals surface area contributed by atoms with Gasteiger partial charge in [0.1, 0.15) is 5.69 Å². The first kappa shape index (κ1) is 17.6. The van der Waals surface area contributed by atoms with E-state index in [1.807, 2.05) is 23.9 Å². The van der Waals surface area contributed by atoms with Crippen LogP contribution in [0.1, 0.15) is 12.1 Å². The van der Waals surface area contributed by atoms with Crippen molar-refractivity contribution in [3.63, 3.8) is 0 Å². The summed E-state index contributed by atoms with van der Waals surface area (Å²) < 4.78 is 4.84. The quantitative estimate of drug-likeness (QED) is 0.574. The number of rotatable bonds is 2. The van der Waals surface area contributed by atoms with Crippen molar-refractivity contribution in [2.45, 2.75) is 25.0 Å². The number of halogens is 2. The molecule has 0 amide bonds. The van der Waals surface area contributed by atoms with E-state index in [9.17, 15) is 0 Å². The summed E-state index contributed by atoms with van der Waals surface area (Å²) in [6.07, 6.45) is 1.21. The molecule has 24 heavy (non-hydrogen) atoms.